The van der Waals surface area contributed by atoms with Gasteiger partial charge in [0.25, 0.3) is 0 Å². The van der Waals surface area contributed by atoms with E-state index >= 15 is 0 Å². The van der Waals surface area contributed by atoms with Crippen LogP contribution in [0.2, 0.25) is 0 Å². The minimum absolute atomic E-state index is 0.920. The minimum Gasteiger partial charge on any atom is -0.241 e. The van der Waals surface area contributed by atoms with Gasteiger partial charge >= 0.3 is 0 Å². The van der Waals surface area contributed by atoms with Gasteiger partial charge in [-0.25, -0.2) is 4.98 Å². The fourth-order valence-corrected chi connectivity index (χ4v) is 3.13. The summed E-state index contributed by atoms with van der Waals surface area (Å²) in [6.07, 6.45) is 6.47. The van der Waals surface area contributed by atoms with Gasteiger partial charge in [-0.2, -0.15) is 0 Å². The molecule has 0 unspecified atom stereocenters. The highest BCUT2D eigenvalue weighted by molar-refractivity contribution is 7.17. The quantitative estimate of drug-likeness (QED) is 0.620. The van der Waals surface area contributed by atoms with Crippen molar-refractivity contribution in [1.29, 1.82) is 0 Å². The van der Waals surface area contributed by atoms with Gasteiger partial charge in [0.05, 0.1) is 0 Å². The second-order valence-corrected chi connectivity index (χ2v) is 5.21. The van der Waals surface area contributed by atoms with E-state index in [1.807, 2.05) is 11.4 Å². The molecule has 92 valence electrons. The van der Waals surface area contributed by atoms with Gasteiger partial charge in [0.2, 0.25) is 0 Å². The molecule has 0 aliphatic carbocycles. The van der Waals surface area contributed by atoms with E-state index in [4.69, 9.17) is 11.4 Å². The van der Waals surface area contributed by atoms with Crippen LogP contribution in [0.4, 0.5) is 0 Å². The number of terminal acetylenes is 1. The molecule has 0 bridgehead atoms. The van der Waals surface area contributed by atoms with Crippen molar-refractivity contribution in [3.63, 3.8) is 0 Å². The number of hydrogen-bond acceptors (Lipinski definition) is 2. The zero-order valence-electron chi connectivity index (χ0n) is 10.7. The summed E-state index contributed by atoms with van der Waals surface area (Å²) in [6.45, 7) is 2.14. The molecule has 2 heteroatoms. The van der Waals surface area contributed by atoms with Gasteiger partial charge in [-0.15, -0.1) is 17.8 Å². The van der Waals surface area contributed by atoms with Crippen LogP contribution in [0.15, 0.2) is 41.8 Å². The third kappa shape index (κ3) is 2.03. The van der Waals surface area contributed by atoms with Crippen LogP contribution in [0, 0.1) is 12.3 Å². The lowest BCUT2D eigenvalue weighted by Gasteiger charge is -2.08. The Labute approximate surface area is 116 Å². The summed E-state index contributed by atoms with van der Waals surface area (Å²) in [6, 6.07) is 12.5. The average Bonchev–Trinajstić information content (AvgIpc) is 2.88. The Bertz CT molecular complexity index is 763. The van der Waals surface area contributed by atoms with Crippen LogP contribution in [0.25, 0.3) is 21.3 Å². The van der Waals surface area contributed by atoms with Crippen LogP contribution < -0.4 is 0 Å². The zero-order chi connectivity index (χ0) is 13.2. The molecule has 0 atom stereocenters. The topological polar surface area (TPSA) is 12.9 Å². The number of pyridine rings is 1. The molecule has 0 N–H and O–H groups in total. The van der Waals surface area contributed by atoms with Gasteiger partial charge in [0.1, 0.15) is 4.83 Å². The Hall–Kier alpha value is -2.11. The van der Waals surface area contributed by atoms with E-state index in [-0.39, 0.29) is 0 Å². The van der Waals surface area contributed by atoms with Crippen LogP contribution in [-0.4, -0.2) is 4.98 Å². The SMILES string of the molecule is C#Cc1csc2nc(CC)c(-c3ccccc3)cc12. The van der Waals surface area contributed by atoms with Crippen molar-refractivity contribution in [2.24, 2.45) is 0 Å². The van der Waals surface area contributed by atoms with Crippen molar-refractivity contribution in [1.82, 2.24) is 4.98 Å². The normalized spacial score (nSPS) is 10.5. The molecule has 1 aromatic carbocycles. The highest BCUT2D eigenvalue weighted by Gasteiger charge is 2.10. The number of hydrogen-bond donors (Lipinski definition) is 0. The first-order chi connectivity index (χ1) is 9.33. The predicted octanol–water partition coefficient (Wildman–Crippen LogP) is 4.51. The number of aromatic nitrogens is 1. The summed E-state index contributed by atoms with van der Waals surface area (Å²) in [7, 11) is 0. The third-order valence-electron chi connectivity index (χ3n) is 3.22. The molecule has 0 spiro atoms. The lowest BCUT2D eigenvalue weighted by atomic mass is 10.0. The molecule has 19 heavy (non-hydrogen) atoms. The largest absolute Gasteiger partial charge is 0.241 e. The second-order valence-electron chi connectivity index (χ2n) is 4.35. The molecular weight excluding hydrogens is 250 g/mol. The maximum atomic E-state index is 5.55. The van der Waals surface area contributed by atoms with Crippen molar-refractivity contribution in [2.45, 2.75) is 13.3 Å². The Morgan fingerprint density at radius 1 is 1.26 bits per heavy atom. The van der Waals surface area contributed by atoms with Crippen molar-refractivity contribution >= 4 is 21.6 Å². The number of fused-ring (bicyclic) bond motifs is 1. The summed E-state index contributed by atoms with van der Waals surface area (Å²) in [5.41, 5.74) is 4.45. The van der Waals surface area contributed by atoms with E-state index in [2.05, 4.69) is 43.2 Å². The first-order valence-corrected chi connectivity index (χ1v) is 7.14. The third-order valence-corrected chi connectivity index (χ3v) is 4.11. The Balaban J connectivity index is 2.31. The first kappa shape index (κ1) is 12.0. The standard InChI is InChI=1S/C17H13NS/c1-3-12-11-19-17-15(12)10-14(16(4-2)18-17)13-8-6-5-7-9-13/h1,5-11H,4H2,2H3. The molecule has 2 aromatic heterocycles. The van der Waals surface area contributed by atoms with E-state index in [0.717, 1.165) is 27.9 Å². The van der Waals surface area contributed by atoms with Crippen molar-refractivity contribution in [2.75, 3.05) is 0 Å². The molecule has 2 heterocycles. The maximum absolute atomic E-state index is 5.55. The highest BCUT2D eigenvalue weighted by Crippen LogP contribution is 2.31. The van der Waals surface area contributed by atoms with Crippen molar-refractivity contribution in [3.8, 4) is 23.5 Å². The van der Waals surface area contributed by atoms with Crippen LogP contribution in [0.1, 0.15) is 18.2 Å². The van der Waals surface area contributed by atoms with Gasteiger partial charge in [0, 0.05) is 27.6 Å². The number of benzene rings is 1. The highest BCUT2D eigenvalue weighted by atomic mass is 32.1. The monoisotopic (exact) mass is 263 g/mol. The number of rotatable bonds is 2. The van der Waals surface area contributed by atoms with Gasteiger partial charge < -0.3 is 0 Å². The Morgan fingerprint density at radius 3 is 2.74 bits per heavy atom. The molecule has 0 amide bonds. The fourth-order valence-electron chi connectivity index (χ4n) is 2.24. The smallest absolute Gasteiger partial charge is 0.124 e. The van der Waals surface area contributed by atoms with Gasteiger partial charge in [-0.3, -0.25) is 0 Å². The summed E-state index contributed by atoms with van der Waals surface area (Å²) >= 11 is 1.62. The lowest BCUT2D eigenvalue weighted by Crippen LogP contribution is -1.92. The molecule has 0 saturated heterocycles. The molecule has 0 aliphatic rings. The molecule has 3 aromatic rings. The average molecular weight is 263 g/mol. The van der Waals surface area contributed by atoms with Crippen molar-refractivity contribution < 1.29 is 0 Å². The Morgan fingerprint density at radius 2 is 2.05 bits per heavy atom. The minimum atomic E-state index is 0.920. The first-order valence-electron chi connectivity index (χ1n) is 6.26. The molecule has 3 rings (SSSR count). The maximum Gasteiger partial charge on any atom is 0.124 e. The molecular formula is C17H13NS. The zero-order valence-corrected chi connectivity index (χ0v) is 11.5. The van der Waals surface area contributed by atoms with Crippen LogP contribution in [0.5, 0.6) is 0 Å². The van der Waals surface area contributed by atoms with Gasteiger partial charge in [0.15, 0.2) is 0 Å². The summed E-state index contributed by atoms with van der Waals surface area (Å²) in [5, 5.41) is 3.09. The Kier molecular flexibility index (Phi) is 3.06. The fraction of sp³-hybridized carbons (Fsp3) is 0.118. The van der Waals surface area contributed by atoms with Crippen LogP contribution in [-0.2, 0) is 6.42 Å². The van der Waals surface area contributed by atoms with E-state index in [1.165, 1.54) is 11.1 Å². The van der Waals surface area contributed by atoms with E-state index in [1.54, 1.807) is 11.3 Å². The van der Waals surface area contributed by atoms with Crippen molar-refractivity contribution in [3.05, 3.63) is 53.0 Å². The number of aryl methyl sites for hydroxylation is 1. The molecule has 0 saturated carbocycles. The van der Waals surface area contributed by atoms with E-state index in [0.29, 0.717) is 0 Å². The predicted molar refractivity (Wildman–Crippen MR) is 82.4 cm³/mol. The van der Waals surface area contributed by atoms with Gasteiger partial charge in [-0.05, 0) is 18.1 Å². The summed E-state index contributed by atoms with van der Waals surface area (Å²) in [5.74, 6) is 2.74. The second kappa shape index (κ2) is 4.87. The molecule has 0 radical (unpaired) electrons. The van der Waals surface area contributed by atoms with Crippen LogP contribution in [0.3, 0.4) is 0 Å². The number of thiophene rings is 1. The molecule has 0 fully saturated rings. The lowest BCUT2D eigenvalue weighted by molar-refractivity contribution is 1.06. The number of nitrogens with zero attached hydrogens (tertiary/aromatic N) is 1. The van der Waals surface area contributed by atoms with E-state index in [9.17, 15) is 0 Å². The summed E-state index contributed by atoms with van der Waals surface area (Å²) < 4.78 is 0. The molecule has 1 nitrogen and oxygen atoms in total. The van der Waals surface area contributed by atoms with E-state index < -0.39 is 0 Å². The van der Waals surface area contributed by atoms with Gasteiger partial charge in [-0.1, -0.05) is 43.2 Å². The molecule has 0 aliphatic heterocycles. The summed E-state index contributed by atoms with van der Waals surface area (Å²) in [4.78, 5) is 5.79. The van der Waals surface area contributed by atoms with Crippen LogP contribution >= 0.6 is 11.3 Å².